The summed E-state index contributed by atoms with van der Waals surface area (Å²) in [4.78, 5) is 26.6. The first-order valence-corrected chi connectivity index (χ1v) is 8.83. The lowest BCUT2D eigenvalue weighted by atomic mass is 9.99. The highest BCUT2D eigenvalue weighted by molar-refractivity contribution is 5.99. The highest BCUT2D eigenvalue weighted by atomic mass is 19.1. The number of morpholine rings is 1. The number of nitrogen functional groups attached to an aromatic ring is 1. The van der Waals surface area contributed by atoms with Gasteiger partial charge in [-0.15, -0.1) is 0 Å². The van der Waals surface area contributed by atoms with Gasteiger partial charge in [0.15, 0.2) is 0 Å². The van der Waals surface area contributed by atoms with Gasteiger partial charge in [-0.25, -0.2) is 14.4 Å². The van der Waals surface area contributed by atoms with Crippen molar-refractivity contribution in [2.45, 2.75) is 0 Å². The third-order valence-electron chi connectivity index (χ3n) is 4.57. The van der Waals surface area contributed by atoms with E-state index in [1.165, 1.54) is 18.5 Å². The lowest BCUT2D eigenvalue weighted by Gasteiger charge is -2.27. The monoisotopic (exact) mass is 379 g/mol. The molecule has 2 N–H and O–H groups in total. The SMILES string of the molecule is Nc1ncc(-c2ccc(-c3cccnc3C(=O)N3CCOCC3)cc2F)cn1. The first kappa shape index (κ1) is 18.0. The van der Waals surface area contributed by atoms with Crippen molar-refractivity contribution in [1.29, 1.82) is 0 Å². The van der Waals surface area contributed by atoms with Crippen LogP contribution >= 0.6 is 0 Å². The number of nitrogens with two attached hydrogens (primary N) is 1. The molecule has 142 valence electrons. The second-order valence-corrected chi connectivity index (χ2v) is 6.33. The number of carbonyl (C=O) groups is 1. The number of anilines is 1. The zero-order valence-electron chi connectivity index (χ0n) is 15.0. The maximum atomic E-state index is 14.8. The maximum Gasteiger partial charge on any atom is 0.273 e. The molecule has 0 spiro atoms. The second-order valence-electron chi connectivity index (χ2n) is 6.33. The van der Waals surface area contributed by atoms with Crippen LogP contribution in [0.1, 0.15) is 10.5 Å². The molecule has 28 heavy (non-hydrogen) atoms. The molecular weight excluding hydrogens is 361 g/mol. The van der Waals surface area contributed by atoms with Crippen LogP contribution in [-0.4, -0.2) is 52.1 Å². The maximum absolute atomic E-state index is 14.8. The molecule has 0 unspecified atom stereocenters. The quantitative estimate of drug-likeness (QED) is 0.751. The molecular formula is C20H18FN5O2. The molecule has 7 nitrogen and oxygen atoms in total. The van der Waals surface area contributed by atoms with E-state index >= 15 is 0 Å². The number of rotatable bonds is 3. The molecule has 0 aliphatic carbocycles. The zero-order chi connectivity index (χ0) is 19.5. The Morgan fingerprint density at radius 2 is 1.79 bits per heavy atom. The van der Waals surface area contributed by atoms with E-state index in [1.54, 1.807) is 35.4 Å². The number of halogens is 1. The van der Waals surface area contributed by atoms with E-state index in [0.29, 0.717) is 54.3 Å². The van der Waals surface area contributed by atoms with E-state index in [4.69, 9.17) is 10.5 Å². The fourth-order valence-corrected chi connectivity index (χ4v) is 3.12. The topological polar surface area (TPSA) is 94.2 Å². The van der Waals surface area contributed by atoms with E-state index < -0.39 is 5.82 Å². The lowest BCUT2D eigenvalue weighted by Crippen LogP contribution is -2.41. The van der Waals surface area contributed by atoms with E-state index in [-0.39, 0.29) is 11.9 Å². The zero-order valence-corrected chi connectivity index (χ0v) is 15.0. The Morgan fingerprint density at radius 3 is 2.50 bits per heavy atom. The molecule has 1 aromatic carbocycles. The van der Waals surface area contributed by atoms with Gasteiger partial charge in [-0.1, -0.05) is 18.2 Å². The first-order chi connectivity index (χ1) is 13.6. The molecule has 8 heteroatoms. The smallest absolute Gasteiger partial charge is 0.273 e. The fourth-order valence-electron chi connectivity index (χ4n) is 3.12. The highest BCUT2D eigenvalue weighted by Crippen LogP contribution is 2.29. The number of pyridine rings is 1. The van der Waals surface area contributed by atoms with Crippen LogP contribution in [0.15, 0.2) is 48.9 Å². The van der Waals surface area contributed by atoms with Crippen molar-refractivity contribution < 1.29 is 13.9 Å². The van der Waals surface area contributed by atoms with Crippen LogP contribution in [0.25, 0.3) is 22.3 Å². The Bertz CT molecular complexity index is 1000. The van der Waals surface area contributed by atoms with E-state index in [2.05, 4.69) is 15.0 Å². The van der Waals surface area contributed by atoms with Crippen molar-refractivity contribution in [3.63, 3.8) is 0 Å². The van der Waals surface area contributed by atoms with Gasteiger partial charge in [0.1, 0.15) is 11.5 Å². The minimum atomic E-state index is -0.445. The van der Waals surface area contributed by atoms with Crippen molar-refractivity contribution in [2.24, 2.45) is 0 Å². The Kier molecular flexibility index (Phi) is 4.94. The van der Waals surface area contributed by atoms with Gasteiger partial charge in [-0.05, 0) is 17.7 Å². The predicted molar refractivity (Wildman–Crippen MR) is 102 cm³/mol. The number of hydrogen-bond donors (Lipinski definition) is 1. The van der Waals surface area contributed by atoms with Crippen molar-refractivity contribution in [3.8, 4) is 22.3 Å². The molecule has 0 radical (unpaired) electrons. The molecule has 1 amide bonds. The Labute approximate surface area is 161 Å². The molecule has 1 saturated heterocycles. The Balaban J connectivity index is 1.69. The van der Waals surface area contributed by atoms with Crippen LogP contribution in [0.4, 0.5) is 10.3 Å². The van der Waals surface area contributed by atoms with Crippen LogP contribution in [0, 0.1) is 5.82 Å². The number of benzene rings is 1. The molecule has 3 aromatic rings. The number of carbonyl (C=O) groups excluding carboxylic acids is 1. The number of aromatic nitrogens is 3. The largest absolute Gasteiger partial charge is 0.378 e. The Morgan fingerprint density at radius 1 is 1.04 bits per heavy atom. The molecule has 1 aliphatic heterocycles. The summed E-state index contributed by atoms with van der Waals surface area (Å²) in [6.45, 7) is 2.03. The summed E-state index contributed by atoms with van der Waals surface area (Å²) in [5, 5.41) is 0. The third-order valence-corrected chi connectivity index (χ3v) is 4.57. The fraction of sp³-hybridized carbons (Fsp3) is 0.200. The van der Waals surface area contributed by atoms with Crippen LogP contribution in [-0.2, 0) is 4.74 Å². The van der Waals surface area contributed by atoms with Crippen LogP contribution < -0.4 is 5.73 Å². The van der Waals surface area contributed by atoms with Gasteiger partial charge >= 0.3 is 0 Å². The minimum absolute atomic E-state index is 0.127. The molecule has 1 aliphatic rings. The van der Waals surface area contributed by atoms with Crippen molar-refractivity contribution in [3.05, 3.63) is 60.4 Å². The number of amides is 1. The van der Waals surface area contributed by atoms with Crippen LogP contribution in [0.5, 0.6) is 0 Å². The molecule has 1 fully saturated rings. The summed E-state index contributed by atoms with van der Waals surface area (Å²) in [6.07, 6.45) is 4.50. The number of nitrogens with zero attached hydrogens (tertiary/aromatic N) is 4. The van der Waals surface area contributed by atoms with Gasteiger partial charge in [0.25, 0.3) is 5.91 Å². The minimum Gasteiger partial charge on any atom is -0.378 e. The number of hydrogen-bond acceptors (Lipinski definition) is 6. The van der Waals surface area contributed by atoms with Crippen LogP contribution in [0.2, 0.25) is 0 Å². The molecule has 0 bridgehead atoms. The van der Waals surface area contributed by atoms with Gasteiger partial charge in [0, 0.05) is 48.4 Å². The van der Waals surface area contributed by atoms with E-state index in [1.807, 2.05) is 0 Å². The van der Waals surface area contributed by atoms with Gasteiger partial charge in [-0.3, -0.25) is 9.78 Å². The number of ether oxygens (including phenoxy) is 1. The molecule has 0 saturated carbocycles. The summed E-state index contributed by atoms with van der Waals surface area (Å²) in [7, 11) is 0. The third kappa shape index (κ3) is 3.54. The predicted octanol–water partition coefficient (Wildman–Crippen LogP) is 2.40. The van der Waals surface area contributed by atoms with E-state index in [9.17, 15) is 9.18 Å². The normalized spacial score (nSPS) is 14.1. The second kappa shape index (κ2) is 7.69. The highest BCUT2D eigenvalue weighted by Gasteiger charge is 2.23. The summed E-state index contributed by atoms with van der Waals surface area (Å²) in [5.41, 5.74) is 7.81. The van der Waals surface area contributed by atoms with Gasteiger partial charge in [-0.2, -0.15) is 0 Å². The van der Waals surface area contributed by atoms with Crippen molar-refractivity contribution in [2.75, 3.05) is 32.0 Å². The summed E-state index contributed by atoms with van der Waals surface area (Å²) in [6, 6.07) is 8.27. The average molecular weight is 379 g/mol. The summed E-state index contributed by atoms with van der Waals surface area (Å²) < 4.78 is 20.1. The molecule has 0 atom stereocenters. The van der Waals surface area contributed by atoms with Crippen molar-refractivity contribution in [1.82, 2.24) is 19.9 Å². The molecule has 2 aromatic heterocycles. The van der Waals surface area contributed by atoms with Gasteiger partial charge < -0.3 is 15.4 Å². The van der Waals surface area contributed by atoms with E-state index in [0.717, 1.165) is 0 Å². The first-order valence-electron chi connectivity index (χ1n) is 8.83. The standard InChI is InChI=1S/C20H18FN5O2/c21-17-10-13(3-4-15(17)14-11-24-20(22)25-12-14)16-2-1-5-23-18(16)19(27)26-6-8-28-9-7-26/h1-5,10-12H,6-9H2,(H2,22,24,25). The van der Waals surface area contributed by atoms with Crippen LogP contribution in [0.3, 0.4) is 0 Å². The Hall–Kier alpha value is -3.39. The average Bonchev–Trinajstić information content (AvgIpc) is 2.74. The molecule has 4 rings (SSSR count). The summed E-state index contributed by atoms with van der Waals surface area (Å²) in [5.74, 6) is -0.503. The van der Waals surface area contributed by atoms with Gasteiger partial charge in [0.05, 0.1) is 13.2 Å². The summed E-state index contributed by atoms with van der Waals surface area (Å²) >= 11 is 0. The lowest BCUT2D eigenvalue weighted by molar-refractivity contribution is 0.0299. The molecule has 3 heterocycles. The van der Waals surface area contributed by atoms with Crippen molar-refractivity contribution >= 4 is 11.9 Å². The van der Waals surface area contributed by atoms with Gasteiger partial charge in [0.2, 0.25) is 5.95 Å².